The van der Waals surface area contributed by atoms with Crippen molar-refractivity contribution in [3.63, 3.8) is 0 Å². The number of fused-ring (bicyclic) bond motifs is 6. The lowest BCUT2D eigenvalue weighted by molar-refractivity contribution is 0.669. The van der Waals surface area contributed by atoms with Crippen LogP contribution in [-0.4, -0.2) is 62.8 Å². The van der Waals surface area contributed by atoms with Crippen molar-refractivity contribution in [2.75, 3.05) is 0 Å². The van der Waals surface area contributed by atoms with E-state index in [2.05, 4.69) is 172 Å². The monoisotopic (exact) mass is 642 g/mol. The van der Waals surface area contributed by atoms with Gasteiger partial charge in [-0.05, 0) is 96.0 Å². The van der Waals surface area contributed by atoms with Crippen LogP contribution in [0.25, 0.3) is 87.6 Å². The fourth-order valence-electron chi connectivity index (χ4n) is 8.81. The Hall–Kier alpha value is -5.14. The van der Waals surface area contributed by atoms with Crippen molar-refractivity contribution >= 4 is 161 Å². The standard InChI is InChI=1S/C42H34B8O/c43-35-31-29(23-9-5-8-21(17-23)22-13-12-19-6-1-2-7-20(19)16-22)32-34(38(46)42(50)40(48)36(32)44)30(33(31)37(45)41(49)39(35)47)24-14-15-26-25-10-3-4-11-27(25)51-28(26)18-24/h1-18H,43-50H2. The fraction of sp³-hybridized carbons (Fsp3) is 0. The van der Waals surface area contributed by atoms with Gasteiger partial charge in [-0.2, -0.15) is 0 Å². The van der Waals surface area contributed by atoms with Gasteiger partial charge in [-0.3, -0.25) is 0 Å². The zero-order valence-electron chi connectivity index (χ0n) is 30.8. The molecule has 232 valence electrons. The number of hydrogen-bond donors (Lipinski definition) is 0. The predicted molar refractivity (Wildman–Crippen MR) is 248 cm³/mol. The predicted octanol–water partition coefficient (Wildman–Crippen LogP) is -1.89. The minimum Gasteiger partial charge on any atom is -0.456 e. The highest BCUT2D eigenvalue weighted by Crippen LogP contribution is 2.43. The highest BCUT2D eigenvalue weighted by molar-refractivity contribution is 6.71. The van der Waals surface area contributed by atoms with E-state index < -0.39 is 0 Å². The molecular weight excluding hydrogens is 607 g/mol. The lowest BCUT2D eigenvalue weighted by Gasteiger charge is -2.28. The topological polar surface area (TPSA) is 13.1 Å². The number of para-hydroxylation sites is 1. The quantitative estimate of drug-likeness (QED) is 0.163. The summed E-state index contributed by atoms with van der Waals surface area (Å²) in [5.74, 6) is 0. The lowest BCUT2D eigenvalue weighted by atomic mass is 9.59. The van der Waals surface area contributed by atoms with Gasteiger partial charge in [-0.15, -0.1) is 21.9 Å². The Bertz CT molecular complexity index is 2880. The number of hydrogen-bond acceptors (Lipinski definition) is 1. The summed E-state index contributed by atoms with van der Waals surface area (Å²) in [6, 6.07) is 40.0. The van der Waals surface area contributed by atoms with Crippen LogP contribution < -0.4 is 43.7 Å². The molecule has 0 atom stereocenters. The molecule has 0 spiro atoms. The first kappa shape index (κ1) is 31.8. The van der Waals surface area contributed by atoms with Gasteiger partial charge in [0.15, 0.2) is 0 Å². The third-order valence-corrected chi connectivity index (χ3v) is 12.3. The summed E-state index contributed by atoms with van der Waals surface area (Å²) in [7, 11) is 18.5. The maximum absolute atomic E-state index is 6.51. The van der Waals surface area contributed by atoms with E-state index in [1.807, 2.05) is 0 Å². The molecule has 0 radical (unpaired) electrons. The van der Waals surface area contributed by atoms with Gasteiger partial charge in [-0.25, -0.2) is 0 Å². The largest absolute Gasteiger partial charge is 0.456 e. The maximum Gasteiger partial charge on any atom is 0.139 e. The Labute approximate surface area is 306 Å². The van der Waals surface area contributed by atoms with Gasteiger partial charge in [-0.1, -0.05) is 101 Å². The molecule has 0 N–H and O–H groups in total. The summed E-state index contributed by atoms with van der Waals surface area (Å²) in [6.07, 6.45) is 0. The molecule has 0 unspecified atom stereocenters. The van der Waals surface area contributed by atoms with E-state index in [1.165, 1.54) is 109 Å². The zero-order chi connectivity index (χ0) is 35.3. The first-order valence-corrected chi connectivity index (χ1v) is 18.1. The Kier molecular flexibility index (Phi) is 7.30. The molecule has 0 saturated heterocycles. The molecule has 1 aromatic heterocycles. The SMILES string of the molecule is Bc1c(B)c(B)c2c(-c3ccc4c(c3)oc3ccccc34)c3c(B)c(B)c(B)c(B)c3c(-c3cccc(-c4ccc5ccccc5c4)c3)c2c1B. The second-order valence-electron chi connectivity index (χ2n) is 14.7. The summed E-state index contributed by atoms with van der Waals surface area (Å²) in [6.45, 7) is 0. The Balaban J connectivity index is 1.45. The summed E-state index contributed by atoms with van der Waals surface area (Å²) in [5, 5.41) is 10.2. The summed E-state index contributed by atoms with van der Waals surface area (Å²) >= 11 is 0. The Morgan fingerprint density at radius 1 is 0.314 bits per heavy atom. The average molecular weight is 641 g/mol. The third-order valence-electron chi connectivity index (χ3n) is 12.3. The van der Waals surface area contributed by atoms with E-state index in [-0.39, 0.29) is 0 Å². The molecular formula is C42H34B8O. The first-order valence-electron chi connectivity index (χ1n) is 18.1. The molecule has 9 aromatic rings. The summed E-state index contributed by atoms with van der Waals surface area (Å²) in [4.78, 5) is 0. The van der Waals surface area contributed by atoms with E-state index in [0.29, 0.717) is 0 Å². The summed E-state index contributed by atoms with van der Waals surface area (Å²) in [5.41, 5.74) is 20.3. The molecule has 0 fully saturated rings. The molecule has 8 aromatic carbocycles. The van der Waals surface area contributed by atoms with Crippen LogP contribution in [-0.2, 0) is 0 Å². The molecule has 0 aliphatic carbocycles. The molecule has 0 bridgehead atoms. The molecule has 0 aliphatic rings. The normalized spacial score (nSPS) is 11.8. The van der Waals surface area contributed by atoms with E-state index in [9.17, 15) is 0 Å². The second-order valence-corrected chi connectivity index (χ2v) is 14.7. The Morgan fingerprint density at radius 2 is 0.784 bits per heavy atom. The molecule has 9 heteroatoms. The minimum absolute atomic E-state index is 0.929. The molecule has 9 rings (SSSR count). The number of rotatable bonds is 3. The van der Waals surface area contributed by atoms with Gasteiger partial charge in [0.2, 0.25) is 0 Å². The number of furan rings is 1. The van der Waals surface area contributed by atoms with Crippen molar-refractivity contribution < 1.29 is 4.42 Å². The summed E-state index contributed by atoms with van der Waals surface area (Å²) < 4.78 is 6.51. The van der Waals surface area contributed by atoms with E-state index in [4.69, 9.17) is 4.42 Å². The molecule has 0 amide bonds. The van der Waals surface area contributed by atoms with Crippen LogP contribution in [0.4, 0.5) is 0 Å². The van der Waals surface area contributed by atoms with Crippen molar-refractivity contribution in [1.29, 1.82) is 0 Å². The second kappa shape index (κ2) is 11.7. The molecule has 51 heavy (non-hydrogen) atoms. The van der Waals surface area contributed by atoms with E-state index in [0.717, 1.165) is 21.9 Å². The van der Waals surface area contributed by atoms with Crippen molar-refractivity contribution in [3.05, 3.63) is 109 Å². The van der Waals surface area contributed by atoms with Crippen LogP contribution >= 0.6 is 0 Å². The van der Waals surface area contributed by atoms with Gasteiger partial charge in [0, 0.05) is 10.8 Å². The van der Waals surface area contributed by atoms with Crippen LogP contribution in [0.5, 0.6) is 0 Å². The van der Waals surface area contributed by atoms with Crippen molar-refractivity contribution in [3.8, 4) is 33.4 Å². The molecule has 1 heterocycles. The zero-order valence-corrected chi connectivity index (χ0v) is 30.8. The maximum atomic E-state index is 6.51. The van der Waals surface area contributed by atoms with Crippen LogP contribution in [0.15, 0.2) is 114 Å². The van der Waals surface area contributed by atoms with Gasteiger partial charge in [0.05, 0.1) is 0 Å². The van der Waals surface area contributed by atoms with E-state index >= 15 is 0 Å². The molecule has 0 aliphatic heterocycles. The van der Waals surface area contributed by atoms with Crippen molar-refractivity contribution in [2.45, 2.75) is 0 Å². The Morgan fingerprint density at radius 3 is 1.41 bits per heavy atom. The highest BCUT2D eigenvalue weighted by Gasteiger charge is 2.25. The first-order chi connectivity index (χ1) is 24.6. The molecule has 0 saturated carbocycles. The lowest BCUT2D eigenvalue weighted by Crippen LogP contribution is -2.50. The van der Waals surface area contributed by atoms with Crippen LogP contribution in [0.3, 0.4) is 0 Å². The third kappa shape index (κ3) is 4.67. The van der Waals surface area contributed by atoms with Crippen LogP contribution in [0.1, 0.15) is 0 Å². The van der Waals surface area contributed by atoms with Crippen molar-refractivity contribution in [1.82, 2.24) is 0 Å². The van der Waals surface area contributed by atoms with E-state index in [1.54, 1.807) is 0 Å². The van der Waals surface area contributed by atoms with Crippen LogP contribution in [0.2, 0.25) is 0 Å². The van der Waals surface area contributed by atoms with Gasteiger partial charge >= 0.3 is 0 Å². The van der Waals surface area contributed by atoms with Gasteiger partial charge < -0.3 is 4.42 Å². The van der Waals surface area contributed by atoms with Crippen molar-refractivity contribution in [2.24, 2.45) is 0 Å². The fourth-order valence-corrected chi connectivity index (χ4v) is 8.81. The highest BCUT2D eigenvalue weighted by atomic mass is 16.3. The molecule has 1 nitrogen and oxygen atoms in total. The van der Waals surface area contributed by atoms with Gasteiger partial charge in [0.1, 0.15) is 73.9 Å². The van der Waals surface area contributed by atoms with Crippen LogP contribution in [0, 0.1) is 0 Å². The minimum atomic E-state index is 0.929. The smallest absolute Gasteiger partial charge is 0.139 e. The number of benzene rings is 8. The average Bonchev–Trinajstić information content (AvgIpc) is 3.54. The van der Waals surface area contributed by atoms with Gasteiger partial charge in [0.25, 0.3) is 0 Å².